The Balaban J connectivity index is 1.95. The van der Waals surface area contributed by atoms with Crippen LogP contribution in [0.4, 0.5) is 16.2 Å². The summed E-state index contributed by atoms with van der Waals surface area (Å²) in [5.74, 6) is -1.22. The number of urea groups is 1. The summed E-state index contributed by atoms with van der Waals surface area (Å²) in [6.45, 7) is 3.46. The molecule has 2 aromatic rings. The Morgan fingerprint density at radius 3 is 2.52 bits per heavy atom. The zero-order valence-corrected chi connectivity index (χ0v) is 15.6. The number of anilines is 2. The number of aliphatic carboxylic acids is 1. The van der Waals surface area contributed by atoms with Gasteiger partial charge in [-0.05, 0) is 50.6 Å². The molecule has 0 saturated heterocycles. The van der Waals surface area contributed by atoms with Gasteiger partial charge in [0.2, 0.25) is 0 Å². The molecule has 4 N–H and O–H groups in total. The molecular formula is C18H20ClN3O5. The molecule has 9 heteroatoms. The first-order chi connectivity index (χ1) is 12.7. The maximum Gasteiger partial charge on any atom is 0.319 e. The smallest absolute Gasteiger partial charge is 0.319 e. The zero-order chi connectivity index (χ0) is 20.0. The van der Waals surface area contributed by atoms with Crippen LogP contribution in [0.5, 0.6) is 0 Å². The molecule has 0 atom stereocenters. The van der Waals surface area contributed by atoms with Crippen molar-refractivity contribution in [3.63, 3.8) is 0 Å². The molecule has 0 radical (unpaired) electrons. The topological polar surface area (TPSA) is 121 Å². The molecule has 2 rings (SSSR count). The van der Waals surface area contributed by atoms with E-state index < -0.39 is 23.4 Å². The van der Waals surface area contributed by atoms with E-state index in [1.54, 1.807) is 32.0 Å². The molecule has 0 bridgehead atoms. The highest BCUT2D eigenvalue weighted by molar-refractivity contribution is 6.34. The van der Waals surface area contributed by atoms with Gasteiger partial charge >= 0.3 is 12.0 Å². The van der Waals surface area contributed by atoms with Gasteiger partial charge in [0.15, 0.2) is 5.76 Å². The van der Waals surface area contributed by atoms with Crippen molar-refractivity contribution in [2.45, 2.75) is 32.2 Å². The zero-order valence-electron chi connectivity index (χ0n) is 14.8. The van der Waals surface area contributed by atoms with Crippen molar-refractivity contribution in [2.24, 2.45) is 0 Å². The van der Waals surface area contributed by atoms with Crippen molar-refractivity contribution in [3.8, 4) is 0 Å². The lowest BCUT2D eigenvalue weighted by Gasteiger charge is -2.25. The van der Waals surface area contributed by atoms with Gasteiger partial charge in [0, 0.05) is 17.6 Å². The lowest BCUT2D eigenvalue weighted by atomic mass is 9.99. The number of carbonyl (C=O) groups excluding carboxylic acids is 2. The van der Waals surface area contributed by atoms with Crippen LogP contribution in [0.2, 0.25) is 5.02 Å². The van der Waals surface area contributed by atoms with Gasteiger partial charge in [-0.3, -0.25) is 9.59 Å². The lowest BCUT2D eigenvalue weighted by Crippen LogP contribution is -2.45. The van der Waals surface area contributed by atoms with Crippen molar-refractivity contribution in [2.75, 3.05) is 10.6 Å². The minimum Gasteiger partial charge on any atom is -0.481 e. The van der Waals surface area contributed by atoms with Gasteiger partial charge < -0.3 is 25.5 Å². The normalized spacial score (nSPS) is 10.9. The van der Waals surface area contributed by atoms with Crippen molar-refractivity contribution >= 4 is 40.9 Å². The molecule has 0 spiro atoms. The van der Waals surface area contributed by atoms with E-state index in [1.165, 1.54) is 18.4 Å². The van der Waals surface area contributed by atoms with Crippen LogP contribution in [0.15, 0.2) is 41.0 Å². The molecule has 0 aliphatic heterocycles. The molecule has 0 aliphatic rings. The van der Waals surface area contributed by atoms with Gasteiger partial charge in [-0.25, -0.2) is 4.79 Å². The molecule has 0 unspecified atom stereocenters. The molecule has 1 heterocycles. The van der Waals surface area contributed by atoms with E-state index in [-0.39, 0.29) is 23.6 Å². The SMILES string of the molecule is CC(C)(CCC(=O)O)NC(=O)Nc1ccc(NC(=O)c2ccco2)c(Cl)c1. The van der Waals surface area contributed by atoms with Crippen LogP contribution in [0, 0.1) is 0 Å². The van der Waals surface area contributed by atoms with Crippen LogP contribution in [0.25, 0.3) is 0 Å². The van der Waals surface area contributed by atoms with E-state index in [4.69, 9.17) is 21.1 Å². The van der Waals surface area contributed by atoms with Gasteiger partial charge in [0.05, 0.1) is 17.0 Å². The Morgan fingerprint density at radius 2 is 1.93 bits per heavy atom. The minimum atomic E-state index is -0.927. The van der Waals surface area contributed by atoms with Gasteiger partial charge in [-0.15, -0.1) is 0 Å². The van der Waals surface area contributed by atoms with E-state index in [1.807, 2.05) is 0 Å². The Bertz CT molecular complexity index is 834. The van der Waals surface area contributed by atoms with Crippen molar-refractivity contribution < 1.29 is 23.9 Å². The fourth-order valence-corrected chi connectivity index (χ4v) is 2.47. The maximum atomic E-state index is 12.1. The van der Waals surface area contributed by atoms with Crippen LogP contribution in [-0.2, 0) is 4.79 Å². The number of amides is 3. The second-order valence-corrected chi connectivity index (χ2v) is 6.89. The molecule has 1 aromatic heterocycles. The van der Waals surface area contributed by atoms with Crippen molar-refractivity contribution in [1.29, 1.82) is 0 Å². The number of hydrogen-bond donors (Lipinski definition) is 4. The first-order valence-corrected chi connectivity index (χ1v) is 8.49. The van der Waals surface area contributed by atoms with E-state index in [0.29, 0.717) is 11.4 Å². The summed E-state index contributed by atoms with van der Waals surface area (Å²) in [6, 6.07) is 7.24. The minimum absolute atomic E-state index is 0.0524. The standard InChI is InChI=1S/C18H20ClN3O5/c1-18(2,8-7-15(23)24)22-17(26)20-11-5-6-13(12(19)10-11)21-16(25)14-4-3-9-27-14/h3-6,9-10H,7-8H2,1-2H3,(H,21,25)(H,23,24)(H2,20,22,26). The van der Waals surface area contributed by atoms with E-state index in [2.05, 4.69) is 16.0 Å². The number of nitrogens with one attached hydrogen (secondary N) is 3. The van der Waals surface area contributed by atoms with Crippen molar-refractivity contribution in [1.82, 2.24) is 5.32 Å². The highest BCUT2D eigenvalue weighted by Gasteiger charge is 2.21. The van der Waals surface area contributed by atoms with Crippen LogP contribution in [-0.4, -0.2) is 28.6 Å². The number of rotatable bonds is 7. The van der Waals surface area contributed by atoms with Crippen LogP contribution < -0.4 is 16.0 Å². The number of benzene rings is 1. The van der Waals surface area contributed by atoms with Gasteiger partial charge in [-0.1, -0.05) is 11.6 Å². The highest BCUT2D eigenvalue weighted by Crippen LogP contribution is 2.26. The number of hydrogen-bond acceptors (Lipinski definition) is 4. The predicted octanol–water partition coefficient (Wildman–Crippen LogP) is 3.95. The summed E-state index contributed by atoms with van der Waals surface area (Å²) >= 11 is 6.15. The van der Waals surface area contributed by atoms with E-state index in [0.717, 1.165) is 0 Å². The quantitative estimate of drug-likeness (QED) is 0.567. The third kappa shape index (κ3) is 6.34. The largest absolute Gasteiger partial charge is 0.481 e. The first-order valence-electron chi connectivity index (χ1n) is 8.12. The summed E-state index contributed by atoms with van der Waals surface area (Å²) < 4.78 is 5.01. The number of carboxylic acid groups (broad SMARTS) is 1. The molecular weight excluding hydrogens is 374 g/mol. The van der Waals surface area contributed by atoms with Crippen LogP contribution in [0.1, 0.15) is 37.2 Å². The Kier molecular flexibility index (Phi) is 6.46. The molecule has 144 valence electrons. The average Bonchev–Trinajstić information content (AvgIpc) is 3.09. The molecule has 0 saturated carbocycles. The van der Waals surface area contributed by atoms with Crippen LogP contribution >= 0.6 is 11.6 Å². The third-order valence-electron chi connectivity index (χ3n) is 3.64. The molecule has 0 aliphatic carbocycles. The van der Waals surface area contributed by atoms with Gasteiger partial charge in [0.25, 0.3) is 5.91 Å². The fraction of sp³-hybridized carbons (Fsp3) is 0.278. The van der Waals surface area contributed by atoms with Crippen molar-refractivity contribution in [3.05, 3.63) is 47.4 Å². The third-order valence-corrected chi connectivity index (χ3v) is 3.95. The monoisotopic (exact) mass is 393 g/mol. The summed E-state index contributed by atoms with van der Waals surface area (Å²) in [6.07, 6.45) is 1.62. The van der Waals surface area contributed by atoms with Crippen LogP contribution in [0.3, 0.4) is 0 Å². The Morgan fingerprint density at radius 1 is 1.19 bits per heavy atom. The Hall–Kier alpha value is -3.00. The summed E-state index contributed by atoms with van der Waals surface area (Å²) in [7, 11) is 0. The van der Waals surface area contributed by atoms with Gasteiger partial charge in [0.1, 0.15) is 0 Å². The fourth-order valence-electron chi connectivity index (χ4n) is 2.24. The molecule has 3 amide bonds. The number of carbonyl (C=O) groups is 3. The van der Waals surface area contributed by atoms with Gasteiger partial charge in [-0.2, -0.15) is 0 Å². The molecule has 8 nitrogen and oxygen atoms in total. The van der Waals surface area contributed by atoms with E-state index in [9.17, 15) is 14.4 Å². The molecule has 1 aromatic carbocycles. The lowest BCUT2D eigenvalue weighted by molar-refractivity contribution is -0.137. The second kappa shape index (κ2) is 8.59. The highest BCUT2D eigenvalue weighted by atomic mass is 35.5. The van der Waals surface area contributed by atoms with E-state index >= 15 is 0 Å². The second-order valence-electron chi connectivity index (χ2n) is 6.48. The first kappa shape index (κ1) is 20.3. The average molecular weight is 394 g/mol. The summed E-state index contributed by atoms with van der Waals surface area (Å²) in [4.78, 5) is 34.7. The number of halogens is 1. The molecule has 27 heavy (non-hydrogen) atoms. The summed E-state index contributed by atoms with van der Waals surface area (Å²) in [5.41, 5.74) is 0.0943. The summed E-state index contributed by atoms with van der Waals surface area (Å²) in [5, 5.41) is 16.9. The maximum absolute atomic E-state index is 12.1. The number of furan rings is 1. The number of carboxylic acids is 1. The molecule has 0 fully saturated rings. The Labute approximate surface area is 160 Å². The predicted molar refractivity (Wildman–Crippen MR) is 101 cm³/mol.